The van der Waals surface area contributed by atoms with Gasteiger partial charge < -0.3 is 5.11 Å². The van der Waals surface area contributed by atoms with E-state index in [4.69, 9.17) is 5.11 Å². The van der Waals surface area contributed by atoms with E-state index >= 15 is 0 Å². The van der Waals surface area contributed by atoms with E-state index in [-0.39, 0.29) is 13.1 Å². The molecule has 1 rings (SSSR count). The van der Waals surface area contributed by atoms with Crippen LogP contribution < -0.4 is 0 Å². The summed E-state index contributed by atoms with van der Waals surface area (Å²) in [4.78, 5) is -1.21. The van der Waals surface area contributed by atoms with Crippen LogP contribution in [0.2, 0.25) is 0 Å². The van der Waals surface area contributed by atoms with Crippen LogP contribution in [0.4, 0.5) is 13.2 Å². The molecule has 0 saturated carbocycles. The molecule has 0 aliphatic heterocycles. The quantitative estimate of drug-likeness (QED) is 0.880. The van der Waals surface area contributed by atoms with Crippen molar-refractivity contribution in [3.8, 4) is 0 Å². The molecular weight excluding hydrogens is 271 g/mol. The molecule has 0 aromatic heterocycles. The molecule has 8 heteroatoms. The lowest BCUT2D eigenvalue weighted by Crippen LogP contribution is -2.34. The second-order valence-electron chi connectivity index (χ2n) is 3.42. The Kier molecular flexibility index (Phi) is 4.71. The van der Waals surface area contributed by atoms with E-state index in [9.17, 15) is 21.6 Å². The topological polar surface area (TPSA) is 57.6 Å². The number of aliphatic hydroxyl groups excluding tert-OH is 1. The third-order valence-corrected chi connectivity index (χ3v) is 4.29. The minimum absolute atomic E-state index is 0.0703. The van der Waals surface area contributed by atoms with Crippen molar-refractivity contribution in [2.24, 2.45) is 0 Å². The molecule has 0 saturated heterocycles. The van der Waals surface area contributed by atoms with Crippen LogP contribution in [0.1, 0.15) is 6.92 Å². The highest BCUT2D eigenvalue weighted by Crippen LogP contribution is 2.23. The van der Waals surface area contributed by atoms with Crippen LogP contribution in [0.25, 0.3) is 0 Å². The Labute approximate surface area is 103 Å². The maximum Gasteiger partial charge on any atom is 0.248 e. The fraction of sp³-hybridized carbons (Fsp3) is 0.400. The monoisotopic (exact) mass is 283 g/mol. The maximum absolute atomic E-state index is 13.4. The van der Waals surface area contributed by atoms with E-state index in [1.54, 1.807) is 0 Å². The van der Waals surface area contributed by atoms with Crippen LogP contribution in [0.15, 0.2) is 17.0 Å². The molecule has 0 radical (unpaired) electrons. The van der Waals surface area contributed by atoms with Gasteiger partial charge in [0.15, 0.2) is 4.90 Å². The summed E-state index contributed by atoms with van der Waals surface area (Å²) in [5.41, 5.74) is 0. The Morgan fingerprint density at radius 2 is 1.72 bits per heavy atom. The summed E-state index contributed by atoms with van der Waals surface area (Å²) in [5.74, 6) is -4.19. The standard InChI is InChI=1S/C10H12F3NO3S/c1-2-14(3-4-15)18(16,17)10-8(12)5-7(11)6-9(10)13/h5-6,15H,2-4H2,1H3. The number of aliphatic hydroxyl groups is 1. The smallest absolute Gasteiger partial charge is 0.248 e. The van der Waals surface area contributed by atoms with Crippen LogP contribution in [0.3, 0.4) is 0 Å². The molecule has 0 spiro atoms. The molecule has 1 N–H and O–H groups in total. The number of nitrogens with zero attached hydrogens (tertiary/aromatic N) is 1. The minimum atomic E-state index is -4.43. The van der Waals surface area contributed by atoms with E-state index in [0.717, 1.165) is 0 Å². The number of hydrogen-bond acceptors (Lipinski definition) is 3. The van der Waals surface area contributed by atoms with Gasteiger partial charge in [-0.2, -0.15) is 4.31 Å². The maximum atomic E-state index is 13.4. The van der Waals surface area contributed by atoms with E-state index in [1.807, 2.05) is 0 Å². The lowest BCUT2D eigenvalue weighted by Gasteiger charge is -2.19. The summed E-state index contributed by atoms with van der Waals surface area (Å²) >= 11 is 0. The summed E-state index contributed by atoms with van der Waals surface area (Å²) in [6.07, 6.45) is 0. The van der Waals surface area contributed by atoms with Crippen molar-refractivity contribution < 1.29 is 26.7 Å². The van der Waals surface area contributed by atoms with Crippen LogP contribution in [0, 0.1) is 17.5 Å². The molecule has 0 fully saturated rings. The zero-order valence-corrected chi connectivity index (χ0v) is 10.3. The van der Waals surface area contributed by atoms with Gasteiger partial charge in [-0.1, -0.05) is 6.92 Å². The Morgan fingerprint density at radius 1 is 1.22 bits per heavy atom. The van der Waals surface area contributed by atoms with Gasteiger partial charge >= 0.3 is 0 Å². The summed E-state index contributed by atoms with van der Waals surface area (Å²) < 4.78 is 64.0. The lowest BCUT2D eigenvalue weighted by atomic mass is 10.3. The van der Waals surface area contributed by atoms with Crippen molar-refractivity contribution in [3.05, 3.63) is 29.6 Å². The number of hydrogen-bond donors (Lipinski definition) is 1. The Balaban J connectivity index is 3.36. The first kappa shape index (κ1) is 14.9. The van der Waals surface area contributed by atoms with Gasteiger partial charge in [0.1, 0.15) is 17.5 Å². The fourth-order valence-corrected chi connectivity index (χ4v) is 3.00. The van der Waals surface area contributed by atoms with Crippen LogP contribution in [-0.4, -0.2) is 37.5 Å². The van der Waals surface area contributed by atoms with Gasteiger partial charge in [0.05, 0.1) is 6.61 Å². The van der Waals surface area contributed by atoms with Gasteiger partial charge in [-0.25, -0.2) is 21.6 Å². The molecule has 18 heavy (non-hydrogen) atoms. The summed E-state index contributed by atoms with van der Waals surface area (Å²) in [5, 5.41) is 8.71. The third-order valence-electron chi connectivity index (χ3n) is 2.26. The molecule has 0 heterocycles. The van der Waals surface area contributed by atoms with Crippen LogP contribution in [0.5, 0.6) is 0 Å². The third kappa shape index (κ3) is 2.82. The van der Waals surface area contributed by atoms with Crippen molar-refractivity contribution >= 4 is 10.0 Å². The van der Waals surface area contributed by atoms with Crippen molar-refractivity contribution in [2.45, 2.75) is 11.8 Å². The molecule has 0 atom stereocenters. The molecule has 1 aromatic carbocycles. The molecule has 102 valence electrons. The average molecular weight is 283 g/mol. The first-order valence-electron chi connectivity index (χ1n) is 5.10. The molecule has 1 aromatic rings. The van der Waals surface area contributed by atoms with Gasteiger partial charge in [0, 0.05) is 25.2 Å². The summed E-state index contributed by atoms with van der Waals surface area (Å²) in [6.45, 7) is 0.596. The Bertz CT molecular complexity index is 510. The Morgan fingerprint density at radius 3 is 2.11 bits per heavy atom. The summed E-state index contributed by atoms with van der Waals surface area (Å²) in [6, 6.07) is 0.589. The van der Waals surface area contributed by atoms with E-state index in [1.165, 1.54) is 6.92 Å². The fourth-order valence-electron chi connectivity index (χ4n) is 1.46. The molecule has 4 nitrogen and oxygen atoms in total. The highest BCUT2D eigenvalue weighted by molar-refractivity contribution is 7.89. The predicted molar refractivity (Wildman–Crippen MR) is 57.8 cm³/mol. The Hall–Kier alpha value is -1.12. The van der Waals surface area contributed by atoms with Gasteiger partial charge in [-0.05, 0) is 0 Å². The number of sulfonamides is 1. The second kappa shape index (κ2) is 5.68. The number of halogens is 3. The zero-order chi connectivity index (χ0) is 13.9. The largest absolute Gasteiger partial charge is 0.395 e. The van der Waals surface area contributed by atoms with Crippen molar-refractivity contribution in [1.29, 1.82) is 0 Å². The molecule has 0 unspecified atom stereocenters. The van der Waals surface area contributed by atoms with Gasteiger partial charge in [-0.15, -0.1) is 0 Å². The molecular formula is C10H12F3NO3S. The SMILES string of the molecule is CCN(CCO)S(=O)(=O)c1c(F)cc(F)cc1F. The lowest BCUT2D eigenvalue weighted by molar-refractivity contribution is 0.256. The predicted octanol–water partition coefficient (Wildman–Crippen LogP) is 1.11. The number of likely N-dealkylation sites (N-methyl/N-ethyl adjacent to an activating group) is 1. The van der Waals surface area contributed by atoms with Crippen LogP contribution in [-0.2, 0) is 10.0 Å². The van der Waals surface area contributed by atoms with Crippen molar-refractivity contribution in [2.75, 3.05) is 19.7 Å². The number of rotatable bonds is 5. The minimum Gasteiger partial charge on any atom is -0.395 e. The van der Waals surface area contributed by atoms with Gasteiger partial charge in [0.25, 0.3) is 0 Å². The molecule has 0 aliphatic rings. The second-order valence-corrected chi connectivity index (χ2v) is 5.29. The van der Waals surface area contributed by atoms with Gasteiger partial charge in [-0.3, -0.25) is 0 Å². The van der Waals surface area contributed by atoms with E-state index < -0.39 is 39.0 Å². The van der Waals surface area contributed by atoms with E-state index in [0.29, 0.717) is 16.4 Å². The highest BCUT2D eigenvalue weighted by Gasteiger charge is 2.30. The van der Waals surface area contributed by atoms with Gasteiger partial charge in [0.2, 0.25) is 10.0 Å². The van der Waals surface area contributed by atoms with Crippen molar-refractivity contribution in [3.63, 3.8) is 0 Å². The average Bonchev–Trinajstić information content (AvgIpc) is 2.23. The molecule has 0 bridgehead atoms. The molecule has 0 aliphatic carbocycles. The van der Waals surface area contributed by atoms with E-state index in [2.05, 4.69) is 0 Å². The first-order valence-corrected chi connectivity index (χ1v) is 6.54. The molecule has 0 amide bonds. The first-order chi connectivity index (χ1) is 8.34. The normalized spacial score (nSPS) is 12.1. The zero-order valence-electron chi connectivity index (χ0n) is 9.53. The summed E-state index contributed by atoms with van der Waals surface area (Å²) in [7, 11) is -4.43. The highest BCUT2D eigenvalue weighted by atomic mass is 32.2. The number of benzene rings is 1. The van der Waals surface area contributed by atoms with Crippen molar-refractivity contribution in [1.82, 2.24) is 4.31 Å². The van der Waals surface area contributed by atoms with Crippen LogP contribution >= 0.6 is 0 Å².